The number of benzene rings is 1. The highest BCUT2D eigenvalue weighted by molar-refractivity contribution is 6.03. The van der Waals surface area contributed by atoms with Crippen LogP contribution in [0.4, 0.5) is 5.82 Å². The lowest BCUT2D eigenvalue weighted by Crippen LogP contribution is -2.39. The van der Waals surface area contributed by atoms with Crippen molar-refractivity contribution in [2.75, 3.05) is 19.8 Å². The molecule has 0 aliphatic carbocycles. The van der Waals surface area contributed by atoms with Gasteiger partial charge in [0.15, 0.2) is 17.0 Å². The standard InChI is InChI=1S/C24H38O4.C13H18N4O3.C6H9N3O3/c1-5-9-13-19(7-3)17-27-23(25)21-15-11-12-16-22(21)24(26)28-18-20(8-4)14-10-6-2;1-9(18)6-4-5-7-17-12(19)10-11(14-8-15(10)2)16(3)13(17)20;1-5-7-4-6(9(11)12)8(5)2-3-10/h11-12,15-16,19-20H,5-10,13-14,17-18H2,1-4H3;8H,4-7H2,1-3H3;4,10H,2-3H2,1H3. The summed E-state index contributed by atoms with van der Waals surface area (Å²) in [5.74, 6) is 0.421. The van der Waals surface area contributed by atoms with Gasteiger partial charge in [-0.3, -0.25) is 13.9 Å². The maximum absolute atomic E-state index is 12.6. The molecule has 1 aromatic carbocycles. The third kappa shape index (κ3) is 15.3. The number of hydrogen-bond acceptors (Lipinski definition) is 12. The van der Waals surface area contributed by atoms with Crippen LogP contribution in [-0.4, -0.2) is 75.8 Å². The van der Waals surface area contributed by atoms with E-state index < -0.39 is 16.9 Å². The van der Waals surface area contributed by atoms with Crippen LogP contribution in [0.3, 0.4) is 0 Å². The molecule has 0 fully saturated rings. The molecule has 17 heteroatoms. The number of rotatable bonds is 22. The number of hydrogen-bond donors (Lipinski definition) is 1. The Bertz CT molecular complexity index is 2050. The number of carbonyl (C=O) groups excluding carboxylic acids is 3. The second kappa shape index (κ2) is 26.6. The molecule has 0 aliphatic heterocycles. The SMILES string of the molecule is CC(=O)CCCCn1c(=O)c2c(ncn2C)n(C)c1=O.CCCCC(CC)COC(=O)c1ccccc1C(=O)OCC(CC)CCCC.Cc1ncc([N+](=O)[O-])n1CCO. The second-order valence-corrected chi connectivity index (χ2v) is 14.9. The predicted molar refractivity (Wildman–Crippen MR) is 229 cm³/mol. The zero-order valence-electron chi connectivity index (χ0n) is 36.7. The highest BCUT2D eigenvalue weighted by Gasteiger charge is 2.21. The van der Waals surface area contributed by atoms with Crippen molar-refractivity contribution in [1.82, 2.24) is 28.2 Å². The predicted octanol–water partition coefficient (Wildman–Crippen LogP) is 6.72. The third-order valence-electron chi connectivity index (χ3n) is 10.3. The average molecular weight is 840 g/mol. The molecule has 0 saturated carbocycles. The molecule has 0 spiro atoms. The van der Waals surface area contributed by atoms with Gasteiger partial charge in [0.05, 0.1) is 37.3 Å². The zero-order valence-corrected chi connectivity index (χ0v) is 36.7. The van der Waals surface area contributed by atoms with Crippen molar-refractivity contribution in [3.63, 3.8) is 0 Å². The lowest BCUT2D eigenvalue weighted by Gasteiger charge is -2.17. The van der Waals surface area contributed by atoms with Crippen molar-refractivity contribution in [1.29, 1.82) is 0 Å². The number of unbranched alkanes of at least 4 members (excludes halogenated alkanes) is 3. The van der Waals surface area contributed by atoms with Crippen molar-refractivity contribution in [3.05, 3.63) is 84.7 Å². The van der Waals surface area contributed by atoms with Gasteiger partial charge in [-0.2, -0.15) is 0 Å². The van der Waals surface area contributed by atoms with Gasteiger partial charge in [-0.25, -0.2) is 28.9 Å². The summed E-state index contributed by atoms with van der Waals surface area (Å²) in [6.45, 7) is 12.9. The van der Waals surface area contributed by atoms with Crippen LogP contribution in [0, 0.1) is 28.9 Å². The topological polar surface area (TPSA) is 213 Å². The van der Waals surface area contributed by atoms with Crippen LogP contribution in [0.1, 0.15) is 132 Å². The first-order chi connectivity index (χ1) is 28.7. The molecule has 332 valence electrons. The number of carbonyl (C=O) groups is 3. The van der Waals surface area contributed by atoms with Crippen molar-refractivity contribution in [2.24, 2.45) is 25.9 Å². The molecule has 3 heterocycles. The van der Waals surface area contributed by atoms with Gasteiger partial charge in [-0.05, 0) is 61.5 Å². The summed E-state index contributed by atoms with van der Waals surface area (Å²) in [7, 11) is 3.32. The number of nitrogens with zero attached hydrogens (tertiary/aromatic N) is 7. The number of aromatic nitrogens is 6. The fourth-order valence-electron chi connectivity index (χ4n) is 6.39. The molecule has 0 bridgehead atoms. The fraction of sp³-hybridized carbons (Fsp3) is 0.605. The van der Waals surface area contributed by atoms with E-state index in [2.05, 4.69) is 37.7 Å². The number of ketones is 1. The molecule has 0 aliphatic rings. The Morgan fingerprint density at radius 2 is 1.38 bits per heavy atom. The summed E-state index contributed by atoms with van der Waals surface area (Å²) in [6.07, 6.45) is 13.1. The summed E-state index contributed by atoms with van der Waals surface area (Å²) in [5, 5.41) is 19.0. The molecule has 3 aromatic heterocycles. The van der Waals surface area contributed by atoms with Gasteiger partial charge >= 0.3 is 23.4 Å². The summed E-state index contributed by atoms with van der Waals surface area (Å²) in [4.78, 5) is 78.2. The molecule has 60 heavy (non-hydrogen) atoms. The number of nitro groups is 1. The number of imidazole rings is 2. The van der Waals surface area contributed by atoms with E-state index in [0.29, 0.717) is 79.0 Å². The second-order valence-electron chi connectivity index (χ2n) is 14.9. The van der Waals surface area contributed by atoms with E-state index in [1.807, 2.05) is 0 Å². The van der Waals surface area contributed by atoms with E-state index in [1.54, 1.807) is 49.9 Å². The first-order valence-electron chi connectivity index (χ1n) is 21.0. The Balaban J connectivity index is 0.000000335. The van der Waals surface area contributed by atoms with Gasteiger partial charge in [0, 0.05) is 34.0 Å². The number of aliphatic hydroxyl groups is 1. The molecule has 17 nitrogen and oxygen atoms in total. The van der Waals surface area contributed by atoms with Crippen LogP contribution >= 0.6 is 0 Å². The van der Waals surface area contributed by atoms with Gasteiger partial charge in [0.25, 0.3) is 5.56 Å². The Morgan fingerprint density at radius 3 is 1.85 bits per heavy atom. The quantitative estimate of drug-likeness (QED) is 0.0378. The Morgan fingerprint density at radius 1 is 0.833 bits per heavy atom. The van der Waals surface area contributed by atoms with E-state index in [9.17, 15) is 34.1 Å². The minimum Gasteiger partial charge on any atom is -0.462 e. The highest BCUT2D eigenvalue weighted by atomic mass is 16.6. The molecular formula is C43H65N7O10. The van der Waals surface area contributed by atoms with Crippen molar-refractivity contribution in [2.45, 2.75) is 125 Å². The minimum atomic E-state index is -0.518. The van der Waals surface area contributed by atoms with Crippen molar-refractivity contribution >= 4 is 34.7 Å². The number of esters is 2. The molecule has 0 radical (unpaired) electrons. The summed E-state index contributed by atoms with van der Waals surface area (Å²) >= 11 is 0. The Labute approximate surface area is 351 Å². The summed E-state index contributed by atoms with van der Waals surface area (Å²) < 4.78 is 16.6. The smallest absolute Gasteiger partial charge is 0.342 e. The van der Waals surface area contributed by atoms with Crippen molar-refractivity contribution < 1.29 is 33.9 Å². The number of aryl methyl sites for hydroxylation is 3. The number of ether oxygens (including phenoxy) is 2. The van der Waals surface area contributed by atoms with Crippen LogP contribution in [0.5, 0.6) is 0 Å². The molecule has 0 saturated heterocycles. The molecular weight excluding hydrogens is 775 g/mol. The number of aliphatic hydroxyl groups excluding tert-OH is 1. The molecule has 2 atom stereocenters. The van der Waals surface area contributed by atoms with Gasteiger partial charge in [0.2, 0.25) is 0 Å². The zero-order chi connectivity index (χ0) is 44.8. The van der Waals surface area contributed by atoms with E-state index in [-0.39, 0.29) is 36.0 Å². The number of fused-ring (bicyclic) bond motifs is 1. The lowest BCUT2D eigenvalue weighted by atomic mass is 10.0. The largest absolute Gasteiger partial charge is 0.462 e. The van der Waals surface area contributed by atoms with Crippen LogP contribution < -0.4 is 11.2 Å². The highest BCUT2D eigenvalue weighted by Crippen LogP contribution is 2.19. The summed E-state index contributed by atoms with van der Waals surface area (Å²) in [6, 6.07) is 6.77. The lowest BCUT2D eigenvalue weighted by molar-refractivity contribution is -0.392. The monoisotopic (exact) mass is 839 g/mol. The molecule has 0 amide bonds. The van der Waals surface area contributed by atoms with Gasteiger partial charge < -0.3 is 34.1 Å². The third-order valence-corrected chi connectivity index (χ3v) is 10.3. The molecule has 1 N–H and O–H groups in total. The van der Waals surface area contributed by atoms with E-state index in [0.717, 1.165) is 51.4 Å². The van der Waals surface area contributed by atoms with E-state index in [4.69, 9.17) is 14.6 Å². The van der Waals surface area contributed by atoms with E-state index in [1.165, 1.54) is 33.1 Å². The first-order valence-corrected chi connectivity index (χ1v) is 21.0. The summed E-state index contributed by atoms with van der Waals surface area (Å²) in [5.41, 5.74) is 0.690. The Kier molecular flexibility index (Phi) is 22.5. The van der Waals surface area contributed by atoms with E-state index >= 15 is 0 Å². The Hall–Kier alpha value is -5.45. The molecule has 2 unspecified atom stereocenters. The molecule has 4 aromatic rings. The van der Waals surface area contributed by atoms with Crippen LogP contribution in [0.25, 0.3) is 11.2 Å². The number of Topliss-reactive ketones (excluding diaryl/α,β-unsaturated/α-hetero) is 1. The van der Waals surface area contributed by atoms with Gasteiger partial charge in [-0.15, -0.1) is 0 Å². The van der Waals surface area contributed by atoms with Gasteiger partial charge in [-0.1, -0.05) is 78.4 Å². The average Bonchev–Trinajstić information content (AvgIpc) is 3.81. The fourth-order valence-corrected chi connectivity index (χ4v) is 6.39. The maximum Gasteiger partial charge on any atom is 0.342 e. The van der Waals surface area contributed by atoms with Crippen molar-refractivity contribution in [3.8, 4) is 0 Å². The normalized spacial score (nSPS) is 11.8. The van der Waals surface area contributed by atoms with Crippen LogP contribution in [0.15, 0.2) is 46.4 Å². The minimum absolute atomic E-state index is 0.0819. The van der Waals surface area contributed by atoms with Crippen LogP contribution in [-0.2, 0) is 41.5 Å². The van der Waals surface area contributed by atoms with Crippen LogP contribution in [0.2, 0.25) is 0 Å². The molecule has 4 rings (SSSR count). The maximum atomic E-state index is 12.6. The van der Waals surface area contributed by atoms with Gasteiger partial charge in [0.1, 0.15) is 18.5 Å². The first kappa shape index (κ1) is 50.7.